The van der Waals surface area contributed by atoms with Crippen molar-refractivity contribution >= 4 is 23.1 Å². The lowest BCUT2D eigenvalue weighted by molar-refractivity contribution is 0.496. The molecule has 0 unspecified atom stereocenters. The molecule has 0 fully saturated rings. The second-order valence-corrected chi connectivity index (χ2v) is 9.04. The second kappa shape index (κ2) is 9.25. The Kier molecular flexibility index (Phi) is 5.87. The topological polar surface area (TPSA) is 9.23 Å². The Morgan fingerprint density at radius 1 is 0.581 bits per heavy atom. The van der Waals surface area contributed by atoms with Crippen LogP contribution < -0.4 is 4.74 Å². The van der Waals surface area contributed by atoms with Crippen molar-refractivity contribution in [2.45, 2.75) is 9.79 Å². The monoisotopic (exact) mass is 436 g/mol. The zero-order valence-corrected chi connectivity index (χ0v) is 18.4. The van der Waals surface area contributed by atoms with Crippen molar-refractivity contribution in [3.05, 3.63) is 121 Å². The van der Waals surface area contributed by atoms with Crippen LogP contribution >= 0.6 is 23.1 Å². The molecule has 0 N–H and O–H groups in total. The molecule has 0 spiro atoms. The van der Waals surface area contributed by atoms with Crippen molar-refractivity contribution in [1.82, 2.24) is 0 Å². The molecule has 4 aromatic carbocycles. The fourth-order valence-electron chi connectivity index (χ4n) is 3.52. The minimum atomic E-state index is 0.855. The van der Waals surface area contributed by atoms with Gasteiger partial charge in [0.05, 0.1) is 0 Å². The molecule has 0 saturated heterocycles. The Hall–Kier alpha value is -3.27. The molecule has 0 radical (unpaired) electrons. The van der Waals surface area contributed by atoms with Gasteiger partial charge in [-0.05, 0) is 64.5 Å². The summed E-state index contributed by atoms with van der Waals surface area (Å²) in [4.78, 5) is 2.42. The summed E-state index contributed by atoms with van der Waals surface area (Å²) >= 11 is 3.38. The maximum atomic E-state index is 5.90. The molecule has 0 bridgehead atoms. The van der Waals surface area contributed by atoms with E-state index in [1.807, 2.05) is 29.6 Å². The average Bonchev–Trinajstić information content (AvgIpc) is 3.34. The van der Waals surface area contributed by atoms with Gasteiger partial charge in [0.1, 0.15) is 5.75 Å². The van der Waals surface area contributed by atoms with Crippen LogP contribution in [0.15, 0.2) is 130 Å². The highest BCUT2D eigenvalue weighted by Gasteiger charge is 2.13. The molecule has 1 aromatic heterocycles. The molecule has 5 aromatic rings. The summed E-state index contributed by atoms with van der Waals surface area (Å²) in [6, 6.07) is 40.1. The highest BCUT2D eigenvalue weighted by atomic mass is 32.2. The summed E-state index contributed by atoms with van der Waals surface area (Å²) in [6.07, 6.45) is 0. The molecule has 31 heavy (non-hydrogen) atoms. The van der Waals surface area contributed by atoms with Gasteiger partial charge in [-0.1, -0.05) is 84.6 Å². The molecule has 3 heteroatoms. The maximum absolute atomic E-state index is 5.90. The smallest absolute Gasteiger partial charge is 0.180 e. The zero-order chi connectivity index (χ0) is 20.9. The summed E-state index contributed by atoms with van der Waals surface area (Å²) in [5.74, 6) is 0.855. The van der Waals surface area contributed by atoms with E-state index in [-0.39, 0.29) is 0 Å². The number of rotatable bonds is 6. The fraction of sp³-hybridized carbons (Fsp3) is 0. The van der Waals surface area contributed by atoms with E-state index in [2.05, 4.69) is 91.0 Å². The first kappa shape index (κ1) is 19.7. The lowest BCUT2D eigenvalue weighted by atomic mass is 9.94. The van der Waals surface area contributed by atoms with Crippen LogP contribution in [0.25, 0.3) is 22.3 Å². The van der Waals surface area contributed by atoms with E-state index in [9.17, 15) is 0 Å². The molecule has 0 atom stereocenters. The number of benzene rings is 4. The molecule has 0 aliphatic rings. The van der Waals surface area contributed by atoms with Gasteiger partial charge in [-0.2, -0.15) is 0 Å². The Bertz CT molecular complexity index is 1250. The Labute approximate surface area is 191 Å². The second-order valence-electron chi connectivity index (χ2n) is 7.02. The number of hydrogen-bond donors (Lipinski definition) is 0. The lowest BCUT2D eigenvalue weighted by Crippen LogP contribution is -1.89. The Balaban J connectivity index is 1.50. The van der Waals surface area contributed by atoms with Gasteiger partial charge in [0.2, 0.25) is 0 Å². The van der Waals surface area contributed by atoms with Crippen LogP contribution in [0.5, 0.6) is 10.8 Å². The molecule has 1 heterocycles. The van der Waals surface area contributed by atoms with E-state index in [1.165, 1.54) is 32.0 Å². The number of ether oxygens (including phenoxy) is 1. The SMILES string of the molecule is c1ccc(-c2cccc(Sc3ccc(Oc4cccs4)cc3)c2-c2ccccc2)cc1. The first-order valence-electron chi connectivity index (χ1n) is 10.1. The van der Waals surface area contributed by atoms with Crippen LogP contribution in [0.2, 0.25) is 0 Å². The predicted octanol–water partition coefficient (Wildman–Crippen LogP) is 9.03. The van der Waals surface area contributed by atoms with E-state index in [0.29, 0.717) is 0 Å². The van der Waals surface area contributed by atoms with Crippen LogP contribution in [-0.4, -0.2) is 0 Å². The third kappa shape index (κ3) is 4.58. The van der Waals surface area contributed by atoms with Crippen molar-refractivity contribution in [3.63, 3.8) is 0 Å². The van der Waals surface area contributed by atoms with E-state index < -0.39 is 0 Å². The molecule has 1 nitrogen and oxygen atoms in total. The normalized spacial score (nSPS) is 10.7. The first-order valence-corrected chi connectivity index (χ1v) is 11.8. The Morgan fingerprint density at radius 3 is 1.97 bits per heavy atom. The summed E-state index contributed by atoms with van der Waals surface area (Å²) in [6.45, 7) is 0. The van der Waals surface area contributed by atoms with Crippen LogP contribution in [-0.2, 0) is 0 Å². The van der Waals surface area contributed by atoms with Gasteiger partial charge < -0.3 is 4.74 Å². The van der Waals surface area contributed by atoms with Crippen LogP contribution in [0.1, 0.15) is 0 Å². The van der Waals surface area contributed by atoms with Crippen molar-refractivity contribution in [2.24, 2.45) is 0 Å². The van der Waals surface area contributed by atoms with E-state index >= 15 is 0 Å². The highest BCUT2D eigenvalue weighted by molar-refractivity contribution is 7.99. The largest absolute Gasteiger partial charge is 0.447 e. The average molecular weight is 437 g/mol. The van der Waals surface area contributed by atoms with E-state index in [4.69, 9.17) is 4.74 Å². The minimum absolute atomic E-state index is 0.855. The standard InChI is InChI=1S/C28H20OS2/c1-3-9-21(10-4-1)25-13-7-14-26(28(25)22-11-5-2-6-12-22)31-24-18-16-23(17-19-24)29-27-15-8-20-30-27/h1-20H. The summed E-state index contributed by atoms with van der Waals surface area (Å²) in [7, 11) is 0. The lowest BCUT2D eigenvalue weighted by Gasteiger charge is -2.16. The van der Waals surface area contributed by atoms with Gasteiger partial charge in [-0.25, -0.2) is 0 Å². The van der Waals surface area contributed by atoms with Gasteiger partial charge in [-0.3, -0.25) is 0 Å². The molecule has 0 aliphatic carbocycles. The third-order valence-corrected chi connectivity index (χ3v) is 6.75. The summed E-state index contributed by atoms with van der Waals surface area (Å²) in [5, 5.41) is 2.92. The highest BCUT2D eigenvalue weighted by Crippen LogP contribution is 2.42. The number of hydrogen-bond acceptors (Lipinski definition) is 3. The molecule has 5 rings (SSSR count). The van der Waals surface area contributed by atoms with Crippen molar-refractivity contribution in [1.29, 1.82) is 0 Å². The predicted molar refractivity (Wildman–Crippen MR) is 132 cm³/mol. The van der Waals surface area contributed by atoms with Gasteiger partial charge in [0, 0.05) is 15.4 Å². The zero-order valence-electron chi connectivity index (χ0n) is 16.8. The molecule has 0 amide bonds. The quantitative estimate of drug-likeness (QED) is 0.262. The van der Waals surface area contributed by atoms with Crippen molar-refractivity contribution in [2.75, 3.05) is 0 Å². The maximum Gasteiger partial charge on any atom is 0.180 e. The van der Waals surface area contributed by atoms with Crippen LogP contribution in [0, 0.1) is 0 Å². The molecule has 0 saturated carbocycles. The minimum Gasteiger partial charge on any atom is -0.447 e. The molecular weight excluding hydrogens is 416 g/mol. The van der Waals surface area contributed by atoms with Crippen LogP contribution in [0.4, 0.5) is 0 Å². The van der Waals surface area contributed by atoms with Gasteiger partial charge in [0.25, 0.3) is 0 Å². The van der Waals surface area contributed by atoms with Crippen LogP contribution in [0.3, 0.4) is 0 Å². The first-order chi connectivity index (χ1) is 15.4. The Morgan fingerprint density at radius 2 is 1.29 bits per heavy atom. The van der Waals surface area contributed by atoms with Gasteiger partial charge in [0.15, 0.2) is 5.06 Å². The van der Waals surface area contributed by atoms with Gasteiger partial charge >= 0.3 is 0 Å². The number of thiophene rings is 1. The van der Waals surface area contributed by atoms with Gasteiger partial charge in [-0.15, -0.1) is 11.3 Å². The van der Waals surface area contributed by atoms with E-state index in [1.54, 1.807) is 23.1 Å². The molecule has 0 aliphatic heterocycles. The molecular formula is C28H20OS2. The third-order valence-electron chi connectivity index (χ3n) is 4.94. The van der Waals surface area contributed by atoms with Crippen molar-refractivity contribution < 1.29 is 4.74 Å². The molecule has 150 valence electrons. The summed E-state index contributed by atoms with van der Waals surface area (Å²) < 4.78 is 5.90. The summed E-state index contributed by atoms with van der Waals surface area (Å²) in [5.41, 5.74) is 4.96. The van der Waals surface area contributed by atoms with Crippen molar-refractivity contribution in [3.8, 4) is 33.1 Å². The van der Waals surface area contributed by atoms with E-state index in [0.717, 1.165) is 10.8 Å². The fourth-order valence-corrected chi connectivity index (χ4v) is 5.11.